The van der Waals surface area contributed by atoms with Crippen molar-refractivity contribution in [2.24, 2.45) is 4.99 Å². The highest BCUT2D eigenvalue weighted by Gasteiger charge is 2.33. The summed E-state index contributed by atoms with van der Waals surface area (Å²) in [5.74, 6) is 0.248. The zero-order chi connectivity index (χ0) is 25.3. The number of ether oxygens (including phenoxy) is 2. The number of halogens is 1. The Morgan fingerprint density at radius 3 is 2.54 bits per heavy atom. The maximum atomic E-state index is 13.7. The summed E-state index contributed by atoms with van der Waals surface area (Å²) < 4.78 is 14.2. The number of hydrogen-bond donors (Lipinski definition) is 0. The summed E-state index contributed by atoms with van der Waals surface area (Å²) in [7, 11) is 0. The van der Waals surface area contributed by atoms with Crippen molar-refractivity contribution in [1.29, 1.82) is 0 Å². The van der Waals surface area contributed by atoms with Gasteiger partial charge < -0.3 is 9.47 Å². The van der Waals surface area contributed by atoms with E-state index in [2.05, 4.69) is 20.9 Å². The number of thiazole rings is 1. The number of aromatic nitrogens is 1. The molecule has 1 aliphatic rings. The van der Waals surface area contributed by atoms with Crippen LogP contribution >= 0.6 is 27.3 Å². The van der Waals surface area contributed by atoms with Gasteiger partial charge in [0.25, 0.3) is 5.56 Å². The number of rotatable bonds is 6. The Morgan fingerprint density at radius 1 is 1.20 bits per heavy atom. The third kappa shape index (κ3) is 5.18. The van der Waals surface area contributed by atoms with Crippen LogP contribution in [0.4, 0.5) is 0 Å². The number of carbonyl (C=O) groups is 1. The van der Waals surface area contributed by atoms with Gasteiger partial charge in [0.1, 0.15) is 5.75 Å². The minimum absolute atomic E-state index is 0.202. The Hall–Kier alpha value is -2.97. The second kappa shape index (κ2) is 10.3. The van der Waals surface area contributed by atoms with Gasteiger partial charge in [0.2, 0.25) is 0 Å². The third-order valence-corrected chi connectivity index (χ3v) is 7.42. The van der Waals surface area contributed by atoms with Crippen LogP contribution in [0.5, 0.6) is 5.75 Å². The second-order valence-corrected chi connectivity index (χ2v) is 10.4. The molecule has 182 valence electrons. The summed E-state index contributed by atoms with van der Waals surface area (Å²) >= 11 is 4.87. The molecular weight excluding hydrogens is 528 g/mol. The molecule has 1 aliphatic heterocycles. The number of nitrogens with zero attached hydrogens (tertiary/aromatic N) is 2. The molecule has 1 aromatic heterocycles. The number of fused-ring (bicyclic) bond motifs is 1. The van der Waals surface area contributed by atoms with Crippen LogP contribution in [0.25, 0.3) is 6.08 Å². The Kier molecular flexibility index (Phi) is 7.42. The van der Waals surface area contributed by atoms with Crippen LogP contribution in [0.15, 0.2) is 68.0 Å². The van der Waals surface area contributed by atoms with E-state index in [1.54, 1.807) is 25.3 Å². The van der Waals surface area contributed by atoms with E-state index in [9.17, 15) is 9.59 Å². The van der Waals surface area contributed by atoms with Crippen molar-refractivity contribution in [3.8, 4) is 5.75 Å². The molecule has 0 saturated heterocycles. The maximum Gasteiger partial charge on any atom is 0.338 e. The molecule has 2 aromatic carbocycles. The van der Waals surface area contributed by atoms with Crippen molar-refractivity contribution in [3.05, 3.63) is 94.6 Å². The molecule has 8 heteroatoms. The van der Waals surface area contributed by atoms with Crippen LogP contribution in [-0.4, -0.2) is 23.2 Å². The first-order chi connectivity index (χ1) is 16.7. The Morgan fingerprint density at radius 2 is 1.91 bits per heavy atom. The van der Waals surface area contributed by atoms with Gasteiger partial charge in [0, 0.05) is 4.47 Å². The fourth-order valence-corrected chi connectivity index (χ4v) is 5.38. The van der Waals surface area contributed by atoms with E-state index < -0.39 is 12.0 Å². The Balaban J connectivity index is 1.91. The molecule has 35 heavy (non-hydrogen) atoms. The van der Waals surface area contributed by atoms with E-state index >= 15 is 0 Å². The zero-order valence-electron chi connectivity index (χ0n) is 20.3. The normalized spacial score (nSPS) is 15.7. The molecule has 0 saturated carbocycles. The average Bonchev–Trinajstić information content (AvgIpc) is 3.10. The molecule has 0 radical (unpaired) electrons. The van der Waals surface area contributed by atoms with E-state index in [1.165, 1.54) is 11.3 Å². The summed E-state index contributed by atoms with van der Waals surface area (Å²) in [6.07, 6.45) is 1.56. The van der Waals surface area contributed by atoms with Crippen LogP contribution in [0.1, 0.15) is 50.4 Å². The SMILES string of the molecule is CCOc1ccc([C@@H]2C(C(=O)OC(C)C)=C(C)N=c3s/c(=C/c4ccc(C)c(Br)c4)c(=O)n32)cc1. The number of esters is 1. The Bertz CT molecular complexity index is 1480. The van der Waals surface area contributed by atoms with Gasteiger partial charge in [-0.05, 0) is 75.6 Å². The van der Waals surface area contributed by atoms with Crippen molar-refractivity contribution in [1.82, 2.24) is 4.57 Å². The van der Waals surface area contributed by atoms with Gasteiger partial charge in [-0.3, -0.25) is 9.36 Å². The monoisotopic (exact) mass is 554 g/mol. The Labute approximate surface area is 216 Å². The number of carbonyl (C=O) groups excluding carboxylic acids is 1. The van der Waals surface area contributed by atoms with Crippen LogP contribution in [-0.2, 0) is 9.53 Å². The summed E-state index contributed by atoms with van der Waals surface area (Å²) in [5, 5.41) is 0. The van der Waals surface area contributed by atoms with Gasteiger partial charge in [0.05, 0.1) is 34.6 Å². The van der Waals surface area contributed by atoms with Gasteiger partial charge in [-0.2, -0.15) is 0 Å². The number of aryl methyl sites for hydroxylation is 1. The maximum absolute atomic E-state index is 13.7. The molecule has 4 rings (SSSR count). The van der Waals surface area contributed by atoms with E-state index in [1.807, 2.05) is 62.4 Å². The first kappa shape index (κ1) is 25.1. The highest BCUT2D eigenvalue weighted by atomic mass is 79.9. The van der Waals surface area contributed by atoms with Crippen molar-refractivity contribution in [2.75, 3.05) is 6.61 Å². The molecule has 0 fully saturated rings. The molecule has 0 N–H and O–H groups in total. The molecule has 0 amide bonds. The van der Waals surface area contributed by atoms with Gasteiger partial charge >= 0.3 is 5.97 Å². The van der Waals surface area contributed by atoms with Crippen LogP contribution in [0.3, 0.4) is 0 Å². The van der Waals surface area contributed by atoms with Crippen molar-refractivity contribution in [2.45, 2.75) is 46.8 Å². The number of allylic oxidation sites excluding steroid dienone is 1. The minimum atomic E-state index is -0.653. The highest BCUT2D eigenvalue weighted by Crippen LogP contribution is 2.32. The fraction of sp³-hybridized carbons (Fsp3) is 0.296. The molecule has 0 unspecified atom stereocenters. The molecule has 0 spiro atoms. The first-order valence-corrected chi connectivity index (χ1v) is 13.0. The highest BCUT2D eigenvalue weighted by molar-refractivity contribution is 9.10. The predicted molar refractivity (Wildman–Crippen MR) is 141 cm³/mol. The number of hydrogen-bond acceptors (Lipinski definition) is 6. The third-order valence-electron chi connectivity index (χ3n) is 5.58. The lowest BCUT2D eigenvalue weighted by Crippen LogP contribution is -2.40. The van der Waals surface area contributed by atoms with Crippen molar-refractivity contribution >= 4 is 39.3 Å². The molecular formula is C27H27BrN2O4S. The van der Waals surface area contributed by atoms with Crippen LogP contribution in [0, 0.1) is 6.92 Å². The average molecular weight is 555 g/mol. The van der Waals surface area contributed by atoms with Gasteiger partial charge in [-0.15, -0.1) is 0 Å². The van der Waals surface area contributed by atoms with E-state index in [4.69, 9.17) is 9.47 Å². The van der Waals surface area contributed by atoms with Gasteiger partial charge in [-0.1, -0.05) is 51.5 Å². The lowest BCUT2D eigenvalue weighted by atomic mass is 9.96. The fourth-order valence-electron chi connectivity index (χ4n) is 3.94. The molecule has 3 aromatic rings. The lowest BCUT2D eigenvalue weighted by Gasteiger charge is -2.25. The topological polar surface area (TPSA) is 69.9 Å². The van der Waals surface area contributed by atoms with Crippen LogP contribution < -0.4 is 19.6 Å². The number of benzene rings is 2. The van der Waals surface area contributed by atoms with Crippen molar-refractivity contribution < 1.29 is 14.3 Å². The zero-order valence-corrected chi connectivity index (χ0v) is 22.7. The molecule has 2 heterocycles. The van der Waals surface area contributed by atoms with Gasteiger partial charge in [-0.25, -0.2) is 9.79 Å². The van der Waals surface area contributed by atoms with Crippen LogP contribution in [0.2, 0.25) is 0 Å². The largest absolute Gasteiger partial charge is 0.494 e. The van der Waals surface area contributed by atoms with Gasteiger partial charge in [0.15, 0.2) is 4.80 Å². The summed E-state index contributed by atoms with van der Waals surface area (Å²) in [5.41, 5.74) is 3.50. The smallest absolute Gasteiger partial charge is 0.338 e. The van der Waals surface area contributed by atoms with E-state index in [0.717, 1.165) is 26.9 Å². The molecule has 1 atom stereocenters. The lowest BCUT2D eigenvalue weighted by molar-refractivity contribution is -0.143. The quantitative estimate of drug-likeness (QED) is 0.415. The summed E-state index contributed by atoms with van der Waals surface area (Å²) in [6.45, 7) is 9.87. The molecule has 0 bridgehead atoms. The predicted octanol–water partition coefficient (Wildman–Crippen LogP) is 4.66. The van der Waals surface area contributed by atoms with E-state index in [0.29, 0.717) is 27.2 Å². The molecule has 6 nitrogen and oxygen atoms in total. The molecule has 0 aliphatic carbocycles. The first-order valence-electron chi connectivity index (χ1n) is 11.4. The van der Waals surface area contributed by atoms with Crippen molar-refractivity contribution in [3.63, 3.8) is 0 Å². The standard InChI is InChI=1S/C27H27BrN2O4S/c1-6-33-20-11-9-19(10-12-20)24-23(26(32)34-15(2)3)17(5)29-27-30(24)25(31)22(35-27)14-18-8-7-16(4)21(28)13-18/h7-15,24H,6H2,1-5H3/b22-14+/t24-/m1/s1. The second-order valence-electron chi connectivity index (χ2n) is 8.55. The van der Waals surface area contributed by atoms with E-state index in [-0.39, 0.29) is 11.7 Å². The minimum Gasteiger partial charge on any atom is -0.494 e. The summed E-state index contributed by atoms with van der Waals surface area (Å²) in [6, 6.07) is 12.8. The summed E-state index contributed by atoms with van der Waals surface area (Å²) in [4.78, 5) is 32.0.